The van der Waals surface area contributed by atoms with Crippen LogP contribution in [0.2, 0.25) is 0 Å². The summed E-state index contributed by atoms with van der Waals surface area (Å²) in [6.45, 7) is 0.785. The Balaban J connectivity index is 2.37. The van der Waals surface area contributed by atoms with Crippen molar-refractivity contribution in [3.63, 3.8) is 0 Å². The summed E-state index contributed by atoms with van der Waals surface area (Å²) >= 11 is 3.22. The van der Waals surface area contributed by atoms with Gasteiger partial charge < -0.3 is 14.8 Å². The van der Waals surface area contributed by atoms with Gasteiger partial charge in [-0.05, 0) is 41.9 Å². The van der Waals surface area contributed by atoms with Gasteiger partial charge in [0.15, 0.2) is 0 Å². The highest BCUT2D eigenvalue weighted by molar-refractivity contribution is 9.10. The highest BCUT2D eigenvalue weighted by atomic mass is 79.9. The number of hydrogen-bond acceptors (Lipinski definition) is 3. The molecule has 18 heavy (non-hydrogen) atoms. The molecule has 0 saturated carbocycles. The van der Waals surface area contributed by atoms with Crippen LogP contribution in [0.4, 0.5) is 4.39 Å². The molecule has 0 spiro atoms. The minimum atomic E-state index is -0.321. The van der Waals surface area contributed by atoms with Gasteiger partial charge >= 0.3 is 0 Å². The second-order valence-electron chi connectivity index (χ2n) is 4.33. The summed E-state index contributed by atoms with van der Waals surface area (Å²) in [5, 5.41) is 3.23. The first-order chi connectivity index (χ1) is 8.67. The van der Waals surface area contributed by atoms with Crippen LogP contribution in [-0.2, 0) is 4.74 Å². The first-order valence-corrected chi connectivity index (χ1v) is 6.78. The van der Waals surface area contributed by atoms with Crippen molar-refractivity contribution in [1.82, 2.24) is 5.32 Å². The molecule has 1 N–H and O–H groups in total. The van der Waals surface area contributed by atoms with E-state index >= 15 is 0 Å². The number of rotatable bonds is 4. The van der Waals surface area contributed by atoms with Crippen LogP contribution < -0.4 is 10.1 Å². The molecule has 1 fully saturated rings. The van der Waals surface area contributed by atoms with Gasteiger partial charge in [-0.1, -0.05) is 0 Å². The topological polar surface area (TPSA) is 30.5 Å². The van der Waals surface area contributed by atoms with E-state index in [-0.39, 0.29) is 18.0 Å². The lowest BCUT2D eigenvalue weighted by atomic mass is 9.98. The van der Waals surface area contributed by atoms with Crippen LogP contribution in [0.15, 0.2) is 16.6 Å². The molecule has 2 rings (SSSR count). The number of methoxy groups -OCH3 is 1. The molecule has 2 atom stereocenters. The third kappa shape index (κ3) is 2.68. The van der Waals surface area contributed by atoms with E-state index in [4.69, 9.17) is 9.47 Å². The van der Waals surface area contributed by atoms with Crippen LogP contribution in [0, 0.1) is 5.82 Å². The average Bonchev–Trinajstić information content (AvgIpc) is 2.88. The van der Waals surface area contributed by atoms with E-state index in [1.807, 2.05) is 7.05 Å². The van der Waals surface area contributed by atoms with Crippen molar-refractivity contribution in [1.29, 1.82) is 0 Å². The van der Waals surface area contributed by atoms with E-state index in [0.717, 1.165) is 25.0 Å². The van der Waals surface area contributed by atoms with Crippen LogP contribution >= 0.6 is 15.9 Å². The predicted molar refractivity (Wildman–Crippen MR) is 71.4 cm³/mol. The monoisotopic (exact) mass is 317 g/mol. The minimum absolute atomic E-state index is 0.0133. The molecule has 1 heterocycles. The Bertz CT molecular complexity index is 422. The first kappa shape index (κ1) is 13.8. The second kappa shape index (κ2) is 5.99. The minimum Gasteiger partial charge on any atom is -0.496 e. The molecule has 1 aromatic carbocycles. The number of likely N-dealkylation sites (N-methyl/N-ethyl adjacent to an activating group) is 1. The lowest BCUT2D eigenvalue weighted by molar-refractivity contribution is 0.0799. The van der Waals surface area contributed by atoms with E-state index < -0.39 is 0 Å². The number of hydrogen-bond donors (Lipinski definition) is 1. The molecular formula is C13H17BrFNO2. The maximum absolute atomic E-state index is 13.5. The van der Waals surface area contributed by atoms with Gasteiger partial charge in [0.2, 0.25) is 0 Å². The van der Waals surface area contributed by atoms with Crippen LogP contribution in [0.3, 0.4) is 0 Å². The highest BCUT2D eigenvalue weighted by Gasteiger charge is 2.29. The van der Waals surface area contributed by atoms with Gasteiger partial charge in [-0.3, -0.25) is 0 Å². The number of nitrogens with one attached hydrogen (secondary N) is 1. The van der Waals surface area contributed by atoms with Crippen molar-refractivity contribution < 1.29 is 13.9 Å². The zero-order valence-electron chi connectivity index (χ0n) is 10.5. The van der Waals surface area contributed by atoms with E-state index in [0.29, 0.717) is 10.2 Å². The Kier molecular flexibility index (Phi) is 4.59. The molecule has 1 saturated heterocycles. The number of benzene rings is 1. The summed E-state index contributed by atoms with van der Waals surface area (Å²) in [6.07, 6.45) is 2.18. The molecule has 2 unspecified atom stereocenters. The molecule has 0 bridgehead atoms. The van der Waals surface area contributed by atoms with E-state index in [1.54, 1.807) is 13.2 Å². The van der Waals surface area contributed by atoms with Gasteiger partial charge in [-0.2, -0.15) is 0 Å². The van der Waals surface area contributed by atoms with Gasteiger partial charge in [-0.15, -0.1) is 0 Å². The molecule has 0 amide bonds. The van der Waals surface area contributed by atoms with Gasteiger partial charge in [0.1, 0.15) is 11.6 Å². The molecule has 0 aromatic heterocycles. The summed E-state index contributed by atoms with van der Waals surface area (Å²) in [7, 11) is 3.43. The van der Waals surface area contributed by atoms with E-state index in [1.165, 1.54) is 6.07 Å². The van der Waals surface area contributed by atoms with Crippen molar-refractivity contribution in [3.05, 3.63) is 28.0 Å². The normalized spacial score (nSPS) is 21.0. The molecular weight excluding hydrogens is 301 g/mol. The van der Waals surface area contributed by atoms with Crippen LogP contribution in [-0.4, -0.2) is 26.9 Å². The van der Waals surface area contributed by atoms with Gasteiger partial charge in [0.05, 0.1) is 23.7 Å². The van der Waals surface area contributed by atoms with Crippen molar-refractivity contribution >= 4 is 15.9 Å². The quantitative estimate of drug-likeness (QED) is 0.926. The summed E-state index contributed by atoms with van der Waals surface area (Å²) in [5.41, 5.74) is 0.917. The summed E-state index contributed by atoms with van der Waals surface area (Å²) in [5.74, 6) is 0.225. The fourth-order valence-electron chi connectivity index (χ4n) is 2.37. The highest BCUT2D eigenvalue weighted by Crippen LogP contribution is 2.35. The molecule has 1 aliphatic heterocycles. The molecule has 1 aliphatic rings. The SMILES string of the molecule is CNC(c1cc(Br)c(F)cc1OC)C1CCCO1. The molecule has 5 heteroatoms. The lowest BCUT2D eigenvalue weighted by Crippen LogP contribution is -2.29. The number of ether oxygens (including phenoxy) is 2. The lowest BCUT2D eigenvalue weighted by Gasteiger charge is -2.25. The first-order valence-electron chi connectivity index (χ1n) is 5.99. The Hall–Kier alpha value is -0.650. The van der Waals surface area contributed by atoms with E-state index in [9.17, 15) is 4.39 Å². The maximum atomic E-state index is 13.5. The van der Waals surface area contributed by atoms with Crippen molar-refractivity contribution in [3.8, 4) is 5.75 Å². The van der Waals surface area contributed by atoms with Gasteiger partial charge in [0, 0.05) is 18.2 Å². The molecule has 100 valence electrons. The fourth-order valence-corrected chi connectivity index (χ4v) is 2.73. The second-order valence-corrected chi connectivity index (χ2v) is 5.18. The molecule has 1 aromatic rings. The Morgan fingerprint density at radius 3 is 2.89 bits per heavy atom. The summed E-state index contributed by atoms with van der Waals surface area (Å²) in [6, 6.07) is 3.18. The number of halogens is 2. The van der Waals surface area contributed by atoms with Crippen LogP contribution in [0.5, 0.6) is 5.75 Å². The zero-order chi connectivity index (χ0) is 13.1. The third-order valence-electron chi connectivity index (χ3n) is 3.26. The van der Waals surface area contributed by atoms with Crippen molar-refractivity contribution in [2.24, 2.45) is 0 Å². The van der Waals surface area contributed by atoms with Crippen molar-refractivity contribution in [2.75, 3.05) is 20.8 Å². The average molecular weight is 318 g/mol. The maximum Gasteiger partial charge on any atom is 0.141 e. The van der Waals surface area contributed by atoms with Gasteiger partial charge in [0.25, 0.3) is 0 Å². The van der Waals surface area contributed by atoms with Crippen LogP contribution in [0.25, 0.3) is 0 Å². The third-order valence-corrected chi connectivity index (χ3v) is 3.86. The molecule has 0 aliphatic carbocycles. The largest absolute Gasteiger partial charge is 0.496 e. The Morgan fingerprint density at radius 1 is 1.56 bits per heavy atom. The summed E-state index contributed by atoms with van der Waals surface area (Å²) in [4.78, 5) is 0. The Morgan fingerprint density at radius 2 is 2.33 bits per heavy atom. The Labute approximate surface area is 115 Å². The van der Waals surface area contributed by atoms with Crippen LogP contribution in [0.1, 0.15) is 24.4 Å². The predicted octanol–water partition coefficient (Wildman–Crippen LogP) is 3.04. The fraction of sp³-hybridized carbons (Fsp3) is 0.538. The molecule has 0 radical (unpaired) electrons. The smallest absolute Gasteiger partial charge is 0.141 e. The summed E-state index contributed by atoms with van der Waals surface area (Å²) < 4.78 is 24.9. The van der Waals surface area contributed by atoms with Gasteiger partial charge in [-0.25, -0.2) is 4.39 Å². The zero-order valence-corrected chi connectivity index (χ0v) is 12.1. The van der Waals surface area contributed by atoms with Crippen molar-refractivity contribution in [2.45, 2.75) is 25.0 Å². The van der Waals surface area contributed by atoms with E-state index in [2.05, 4.69) is 21.2 Å². The molecule has 3 nitrogen and oxygen atoms in total. The standard InChI is InChI=1S/C13H17BrFNO2/c1-16-13(11-4-3-5-18-11)8-6-9(14)10(15)7-12(8)17-2/h6-7,11,13,16H,3-5H2,1-2H3.